The monoisotopic (exact) mass is 239 g/mol. The lowest BCUT2D eigenvalue weighted by atomic mass is 10.1. The molecule has 1 aliphatic rings. The summed E-state index contributed by atoms with van der Waals surface area (Å²) in [5.41, 5.74) is 0.617. The van der Waals surface area contributed by atoms with Gasteiger partial charge in [0.15, 0.2) is 0 Å². The maximum absolute atomic E-state index is 12.0. The third-order valence-electron chi connectivity index (χ3n) is 2.90. The summed E-state index contributed by atoms with van der Waals surface area (Å²) in [6, 6.07) is 6.96. The molecule has 1 heterocycles. The van der Waals surface area contributed by atoms with E-state index in [1.54, 1.807) is 29.2 Å². The van der Waals surface area contributed by atoms with Crippen molar-refractivity contribution in [1.82, 2.24) is 4.90 Å². The van der Waals surface area contributed by atoms with Crippen LogP contribution in [0.5, 0.6) is 0 Å². The maximum atomic E-state index is 12.0. The van der Waals surface area contributed by atoms with E-state index >= 15 is 0 Å². The number of nitrogens with zero attached hydrogens (tertiary/aromatic N) is 1. The Kier molecular flexibility index (Phi) is 3.46. The van der Waals surface area contributed by atoms with Crippen molar-refractivity contribution >= 4 is 17.5 Å². The van der Waals surface area contributed by atoms with E-state index in [4.69, 9.17) is 16.7 Å². The van der Waals surface area contributed by atoms with Crippen LogP contribution < -0.4 is 0 Å². The highest BCUT2D eigenvalue weighted by Crippen LogP contribution is 2.19. The fourth-order valence-electron chi connectivity index (χ4n) is 1.97. The molecule has 0 bridgehead atoms. The molecule has 16 heavy (non-hydrogen) atoms. The van der Waals surface area contributed by atoms with E-state index in [1.807, 2.05) is 0 Å². The largest absolute Gasteiger partial charge is 0.396 e. The highest BCUT2D eigenvalue weighted by molar-refractivity contribution is 6.30. The Hall–Kier alpha value is -1.06. The number of carbonyl (C=O) groups excluding carboxylic acids is 1. The zero-order valence-electron chi connectivity index (χ0n) is 8.90. The number of benzene rings is 1. The van der Waals surface area contributed by atoms with Gasteiger partial charge in [0.25, 0.3) is 5.91 Å². The second-order valence-corrected chi connectivity index (χ2v) is 4.54. The van der Waals surface area contributed by atoms with Crippen LogP contribution in [0, 0.1) is 5.92 Å². The van der Waals surface area contributed by atoms with Crippen LogP contribution in [0.1, 0.15) is 16.8 Å². The molecule has 1 amide bonds. The van der Waals surface area contributed by atoms with E-state index in [9.17, 15) is 4.79 Å². The van der Waals surface area contributed by atoms with Crippen LogP contribution in [0.3, 0.4) is 0 Å². The molecule has 0 aromatic heterocycles. The van der Waals surface area contributed by atoms with Crippen molar-refractivity contribution in [1.29, 1.82) is 0 Å². The minimum atomic E-state index is -0.00144. The van der Waals surface area contributed by atoms with E-state index in [-0.39, 0.29) is 18.4 Å². The van der Waals surface area contributed by atoms with Gasteiger partial charge < -0.3 is 10.0 Å². The van der Waals surface area contributed by atoms with Gasteiger partial charge in [0.05, 0.1) is 0 Å². The van der Waals surface area contributed by atoms with Crippen LogP contribution in [0.4, 0.5) is 0 Å². The highest BCUT2D eigenvalue weighted by atomic mass is 35.5. The molecular weight excluding hydrogens is 226 g/mol. The Morgan fingerprint density at radius 1 is 1.56 bits per heavy atom. The molecule has 1 saturated heterocycles. The molecule has 3 nitrogen and oxygen atoms in total. The average molecular weight is 240 g/mol. The topological polar surface area (TPSA) is 40.5 Å². The van der Waals surface area contributed by atoms with E-state index in [2.05, 4.69) is 0 Å². The third kappa shape index (κ3) is 2.36. The summed E-state index contributed by atoms with van der Waals surface area (Å²) in [5, 5.41) is 9.59. The van der Waals surface area contributed by atoms with Gasteiger partial charge in [0, 0.05) is 36.2 Å². The Bertz CT molecular complexity index is 394. The number of carbonyl (C=O) groups is 1. The van der Waals surface area contributed by atoms with Crippen molar-refractivity contribution in [3.05, 3.63) is 34.9 Å². The number of aliphatic hydroxyl groups excluding tert-OH is 1. The molecule has 1 atom stereocenters. The Balaban J connectivity index is 2.08. The smallest absolute Gasteiger partial charge is 0.253 e. The van der Waals surface area contributed by atoms with Crippen molar-refractivity contribution in [2.75, 3.05) is 19.7 Å². The van der Waals surface area contributed by atoms with Crippen LogP contribution >= 0.6 is 11.6 Å². The molecule has 0 saturated carbocycles. The van der Waals surface area contributed by atoms with Crippen molar-refractivity contribution in [3.8, 4) is 0 Å². The lowest BCUT2D eigenvalue weighted by Gasteiger charge is -2.16. The lowest BCUT2D eigenvalue weighted by molar-refractivity contribution is 0.0782. The van der Waals surface area contributed by atoms with Crippen molar-refractivity contribution in [2.24, 2.45) is 5.92 Å². The Morgan fingerprint density at radius 2 is 2.38 bits per heavy atom. The number of rotatable bonds is 2. The van der Waals surface area contributed by atoms with E-state index < -0.39 is 0 Å². The summed E-state index contributed by atoms with van der Waals surface area (Å²) in [4.78, 5) is 13.8. The first-order valence-electron chi connectivity index (χ1n) is 5.36. The van der Waals surface area contributed by atoms with Gasteiger partial charge in [-0.1, -0.05) is 17.7 Å². The number of halogens is 1. The molecule has 2 rings (SSSR count). The summed E-state index contributed by atoms with van der Waals surface area (Å²) in [5.74, 6) is 0.224. The zero-order valence-corrected chi connectivity index (χ0v) is 9.65. The normalized spacial score (nSPS) is 20.1. The Labute approximate surface area is 99.6 Å². The average Bonchev–Trinajstić information content (AvgIpc) is 2.76. The van der Waals surface area contributed by atoms with Gasteiger partial charge in [-0.05, 0) is 24.6 Å². The molecule has 86 valence electrons. The van der Waals surface area contributed by atoms with Gasteiger partial charge in [-0.25, -0.2) is 0 Å². The molecule has 0 aliphatic carbocycles. The van der Waals surface area contributed by atoms with E-state index in [1.165, 1.54) is 0 Å². The lowest BCUT2D eigenvalue weighted by Crippen LogP contribution is -2.29. The second kappa shape index (κ2) is 4.85. The summed E-state index contributed by atoms with van der Waals surface area (Å²) >= 11 is 5.84. The number of aliphatic hydroxyl groups is 1. The van der Waals surface area contributed by atoms with Crippen LogP contribution in [-0.4, -0.2) is 35.6 Å². The van der Waals surface area contributed by atoms with Crippen LogP contribution in [0.15, 0.2) is 24.3 Å². The van der Waals surface area contributed by atoms with Gasteiger partial charge >= 0.3 is 0 Å². The molecule has 1 aromatic carbocycles. The number of likely N-dealkylation sites (tertiary alicyclic amines) is 1. The molecule has 1 aliphatic heterocycles. The minimum Gasteiger partial charge on any atom is -0.396 e. The predicted octanol–water partition coefficient (Wildman–Crippen LogP) is 1.79. The first-order valence-corrected chi connectivity index (χ1v) is 5.74. The predicted molar refractivity (Wildman–Crippen MR) is 62.5 cm³/mol. The summed E-state index contributed by atoms with van der Waals surface area (Å²) < 4.78 is 0. The standard InChI is InChI=1S/C12H14ClNO2/c13-11-3-1-2-10(6-11)12(16)14-5-4-9(7-14)8-15/h1-3,6,9,15H,4-5,7-8H2/t9-/m0/s1. The first-order chi connectivity index (χ1) is 7.70. The van der Waals surface area contributed by atoms with Crippen molar-refractivity contribution < 1.29 is 9.90 Å². The van der Waals surface area contributed by atoms with E-state index in [0.29, 0.717) is 17.1 Å². The molecule has 0 unspecified atom stereocenters. The quantitative estimate of drug-likeness (QED) is 0.855. The van der Waals surface area contributed by atoms with Gasteiger partial charge in [-0.2, -0.15) is 0 Å². The maximum Gasteiger partial charge on any atom is 0.253 e. The number of hydrogen-bond donors (Lipinski definition) is 1. The fraction of sp³-hybridized carbons (Fsp3) is 0.417. The van der Waals surface area contributed by atoms with Crippen LogP contribution in [0.2, 0.25) is 5.02 Å². The van der Waals surface area contributed by atoms with Gasteiger partial charge in [0.1, 0.15) is 0 Å². The summed E-state index contributed by atoms with van der Waals surface area (Å²) in [6.45, 7) is 1.51. The molecular formula is C12H14ClNO2. The van der Waals surface area contributed by atoms with Crippen molar-refractivity contribution in [3.63, 3.8) is 0 Å². The summed E-state index contributed by atoms with van der Waals surface area (Å²) in [6.07, 6.45) is 0.878. The molecule has 1 N–H and O–H groups in total. The molecule has 1 fully saturated rings. The van der Waals surface area contributed by atoms with Crippen LogP contribution in [-0.2, 0) is 0 Å². The minimum absolute atomic E-state index is 0.00144. The Morgan fingerprint density at radius 3 is 3.00 bits per heavy atom. The fourth-order valence-corrected chi connectivity index (χ4v) is 2.16. The first kappa shape index (κ1) is 11.4. The van der Waals surface area contributed by atoms with Gasteiger partial charge in [0.2, 0.25) is 0 Å². The van der Waals surface area contributed by atoms with Gasteiger partial charge in [-0.3, -0.25) is 4.79 Å². The molecule has 4 heteroatoms. The summed E-state index contributed by atoms with van der Waals surface area (Å²) in [7, 11) is 0. The SMILES string of the molecule is O=C(c1cccc(Cl)c1)N1CC[C@H](CO)C1. The third-order valence-corrected chi connectivity index (χ3v) is 3.14. The second-order valence-electron chi connectivity index (χ2n) is 4.10. The van der Waals surface area contributed by atoms with Crippen LogP contribution in [0.25, 0.3) is 0 Å². The molecule has 1 aromatic rings. The van der Waals surface area contributed by atoms with E-state index in [0.717, 1.165) is 13.0 Å². The molecule has 0 spiro atoms. The number of amides is 1. The number of hydrogen-bond acceptors (Lipinski definition) is 2. The van der Waals surface area contributed by atoms with Gasteiger partial charge in [-0.15, -0.1) is 0 Å². The highest BCUT2D eigenvalue weighted by Gasteiger charge is 2.26. The molecule has 0 radical (unpaired) electrons. The zero-order chi connectivity index (χ0) is 11.5. The van der Waals surface area contributed by atoms with Crippen molar-refractivity contribution in [2.45, 2.75) is 6.42 Å².